The predicted octanol–water partition coefficient (Wildman–Crippen LogP) is 13.5. The first kappa shape index (κ1) is 28.9. The molecule has 0 atom stereocenters. The van der Waals surface area contributed by atoms with E-state index in [-0.39, 0.29) is 0 Å². The lowest BCUT2D eigenvalue weighted by molar-refractivity contribution is 1.18. The van der Waals surface area contributed by atoms with Crippen LogP contribution in [0.3, 0.4) is 0 Å². The number of hydrogen-bond donors (Lipinski definition) is 0. The van der Waals surface area contributed by atoms with Crippen molar-refractivity contribution in [3.63, 3.8) is 0 Å². The quantitative estimate of drug-likeness (QED) is 0.178. The van der Waals surface area contributed by atoms with Crippen LogP contribution in [0.4, 0.5) is 0 Å². The molecule has 0 aliphatic rings. The van der Waals surface area contributed by atoms with Crippen LogP contribution in [0.1, 0.15) is 0 Å². The van der Waals surface area contributed by atoms with E-state index in [4.69, 9.17) is 0 Å². The van der Waals surface area contributed by atoms with Crippen LogP contribution in [0.25, 0.3) is 98.8 Å². The minimum absolute atomic E-state index is 1.15. The van der Waals surface area contributed by atoms with Gasteiger partial charge < -0.3 is 9.13 Å². The summed E-state index contributed by atoms with van der Waals surface area (Å²) in [7, 11) is 0. The fourth-order valence-corrected chi connectivity index (χ4v) is 8.40. The third-order valence-corrected chi connectivity index (χ3v) is 10.9. The number of fused-ring (bicyclic) bond motifs is 9. The maximum Gasteiger partial charge on any atom is 0.0641 e. The van der Waals surface area contributed by atoms with Gasteiger partial charge in [0.05, 0.1) is 22.1 Å². The second-order valence-corrected chi connectivity index (χ2v) is 13.8. The van der Waals surface area contributed by atoms with Gasteiger partial charge in [0.25, 0.3) is 0 Å². The van der Waals surface area contributed by atoms with Gasteiger partial charge in [-0.25, -0.2) is 0 Å². The average Bonchev–Trinajstić information content (AvgIpc) is 3.74. The molecule has 9 aromatic carbocycles. The number of benzene rings is 9. The highest BCUT2D eigenvalue weighted by atomic mass is 15.0. The molecule has 0 amide bonds. The smallest absolute Gasteiger partial charge is 0.0641 e. The normalized spacial score (nSPS) is 11.8. The van der Waals surface area contributed by atoms with Gasteiger partial charge in [-0.15, -0.1) is 0 Å². The summed E-state index contributed by atoms with van der Waals surface area (Å²) < 4.78 is 4.90. The van der Waals surface area contributed by atoms with E-state index >= 15 is 0 Å². The highest BCUT2D eigenvalue weighted by Gasteiger charge is 2.20. The molecule has 2 heterocycles. The Balaban J connectivity index is 1.07. The molecule has 11 aromatic rings. The van der Waals surface area contributed by atoms with Crippen molar-refractivity contribution in [2.45, 2.75) is 0 Å². The molecule has 2 aromatic heterocycles. The van der Waals surface area contributed by atoms with Crippen LogP contribution in [-0.2, 0) is 0 Å². The first-order chi connectivity index (χ1) is 25.8. The molecule has 242 valence electrons. The van der Waals surface area contributed by atoms with Crippen LogP contribution in [0, 0.1) is 0 Å². The topological polar surface area (TPSA) is 9.86 Å². The minimum atomic E-state index is 1.15. The van der Waals surface area contributed by atoms with Gasteiger partial charge in [0.2, 0.25) is 0 Å². The van der Waals surface area contributed by atoms with Gasteiger partial charge in [-0.1, -0.05) is 146 Å². The van der Waals surface area contributed by atoms with E-state index in [1.807, 2.05) is 0 Å². The molecule has 0 bridgehead atoms. The maximum atomic E-state index is 2.47. The van der Waals surface area contributed by atoms with E-state index in [1.54, 1.807) is 0 Å². The number of hydrogen-bond acceptors (Lipinski definition) is 0. The van der Waals surface area contributed by atoms with Crippen molar-refractivity contribution in [2.24, 2.45) is 0 Å². The zero-order valence-electron chi connectivity index (χ0n) is 28.4. The molecule has 0 radical (unpaired) electrons. The maximum absolute atomic E-state index is 2.47. The number of para-hydroxylation sites is 2. The fourth-order valence-electron chi connectivity index (χ4n) is 8.40. The van der Waals surface area contributed by atoms with Crippen molar-refractivity contribution in [3.8, 4) is 33.6 Å². The number of rotatable bonds is 4. The molecule has 0 unspecified atom stereocenters. The van der Waals surface area contributed by atoms with Gasteiger partial charge in [-0.05, 0) is 92.3 Å². The van der Waals surface area contributed by atoms with E-state index in [0.29, 0.717) is 0 Å². The summed E-state index contributed by atoms with van der Waals surface area (Å²) in [6, 6.07) is 71.0. The molecule has 0 saturated carbocycles. The summed E-state index contributed by atoms with van der Waals surface area (Å²) in [5.74, 6) is 0. The van der Waals surface area contributed by atoms with Crippen LogP contribution < -0.4 is 0 Å². The molecule has 0 fully saturated rings. The van der Waals surface area contributed by atoms with Crippen molar-refractivity contribution >= 4 is 65.2 Å². The van der Waals surface area contributed by atoms with E-state index in [1.165, 1.54) is 93.1 Å². The Morgan fingerprint density at radius 2 is 0.769 bits per heavy atom. The van der Waals surface area contributed by atoms with Crippen LogP contribution in [0.5, 0.6) is 0 Å². The summed E-state index contributed by atoms with van der Waals surface area (Å²) in [6.45, 7) is 0. The van der Waals surface area contributed by atoms with Gasteiger partial charge in [0, 0.05) is 32.9 Å². The van der Waals surface area contributed by atoms with Crippen molar-refractivity contribution in [2.75, 3.05) is 0 Å². The highest BCUT2D eigenvalue weighted by molar-refractivity contribution is 6.26. The monoisotopic (exact) mass is 660 g/mol. The SMILES string of the molecule is c1ccc2cc(-c3ccc(-c4ccc(-n5c6ccccc6c6ccc7c(c8ccccc8n7-c7ccc8ccccc8c7)c65)cc4)cc3)ccc2c1. The second-order valence-electron chi connectivity index (χ2n) is 13.8. The van der Waals surface area contributed by atoms with Gasteiger partial charge in [-0.2, -0.15) is 0 Å². The molecular weight excluding hydrogens is 629 g/mol. The second kappa shape index (κ2) is 11.3. The molecule has 52 heavy (non-hydrogen) atoms. The molecule has 2 nitrogen and oxygen atoms in total. The van der Waals surface area contributed by atoms with Gasteiger partial charge in [0.15, 0.2) is 0 Å². The first-order valence-electron chi connectivity index (χ1n) is 17.9. The highest BCUT2D eigenvalue weighted by Crippen LogP contribution is 2.42. The predicted molar refractivity (Wildman–Crippen MR) is 221 cm³/mol. The van der Waals surface area contributed by atoms with Crippen LogP contribution in [-0.4, -0.2) is 9.13 Å². The van der Waals surface area contributed by atoms with E-state index < -0.39 is 0 Å². The standard InChI is InChI=1S/C50H32N2/c1-3-11-38-31-40(22-21-33(38)9-1)37-19-17-35(18-20-37)36-23-26-41(27-24-36)52-46-15-7-5-13-43(46)44-29-30-48-49(50(44)52)45-14-6-8-16-47(45)51(48)42-28-25-34-10-2-4-12-39(34)32-42/h1-32H. The fraction of sp³-hybridized carbons (Fsp3) is 0. The minimum Gasteiger partial charge on any atom is -0.309 e. The van der Waals surface area contributed by atoms with Crippen molar-refractivity contribution < 1.29 is 0 Å². The Hall–Kier alpha value is -6.90. The van der Waals surface area contributed by atoms with E-state index in [2.05, 4.69) is 203 Å². The molecule has 0 N–H and O–H groups in total. The van der Waals surface area contributed by atoms with Gasteiger partial charge in [0.1, 0.15) is 0 Å². The zero-order chi connectivity index (χ0) is 34.2. The Morgan fingerprint density at radius 3 is 1.48 bits per heavy atom. The molecule has 0 aliphatic carbocycles. The Bertz CT molecular complexity index is 3160. The van der Waals surface area contributed by atoms with Crippen LogP contribution in [0.2, 0.25) is 0 Å². The average molecular weight is 661 g/mol. The van der Waals surface area contributed by atoms with E-state index in [9.17, 15) is 0 Å². The Kier molecular flexibility index (Phi) is 6.28. The molecular formula is C50H32N2. The van der Waals surface area contributed by atoms with Crippen LogP contribution >= 0.6 is 0 Å². The van der Waals surface area contributed by atoms with Gasteiger partial charge in [-0.3, -0.25) is 0 Å². The molecule has 0 saturated heterocycles. The summed E-state index contributed by atoms with van der Waals surface area (Å²) >= 11 is 0. The Morgan fingerprint density at radius 1 is 0.269 bits per heavy atom. The molecule has 0 spiro atoms. The van der Waals surface area contributed by atoms with Crippen molar-refractivity contribution in [1.29, 1.82) is 0 Å². The summed E-state index contributed by atoms with van der Waals surface area (Å²) in [5.41, 5.74) is 12.0. The lowest BCUT2D eigenvalue weighted by atomic mass is 9.98. The third kappa shape index (κ3) is 4.38. The van der Waals surface area contributed by atoms with E-state index in [0.717, 1.165) is 5.69 Å². The Labute approximate surface area is 301 Å². The number of nitrogens with zero attached hydrogens (tertiary/aromatic N) is 2. The summed E-state index contributed by atoms with van der Waals surface area (Å²) in [5, 5.41) is 10.1. The largest absolute Gasteiger partial charge is 0.309 e. The van der Waals surface area contributed by atoms with Crippen molar-refractivity contribution in [1.82, 2.24) is 9.13 Å². The molecule has 2 heteroatoms. The summed E-state index contributed by atoms with van der Waals surface area (Å²) in [4.78, 5) is 0. The lowest BCUT2D eigenvalue weighted by Crippen LogP contribution is -1.95. The van der Waals surface area contributed by atoms with Crippen molar-refractivity contribution in [3.05, 3.63) is 194 Å². The zero-order valence-corrected chi connectivity index (χ0v) is 28.4. The van der Waals surface area contributed by atoms with Gasteiger partial charge >= 0.3 is 0 Å². The first-order valence-corrected chi connectivity index (χ1v) is 17.9. The van der Waals surface area contributed by atoms with Crippen LogP contribution in [0.15, 0.2) is 194 Å². The molecule has 11 rings (SSSR count). The number of aromatic nitrogens is 2. The molecule has 0 aliphatic heterocycles. The summed E-state index contributed by atoms with van der Waals surface area (Å²) in [6.07, 6.45) is 0. The third-order valence-electron chi connectivity index (χ3n) is 10.9. The lowest BCUT2D eigenvalue weighted by Gasteiger charge is -2.12.